The van der Waals surface area contributed by atoms with Gasteiger partial charge in [-0.1, -0.05) is 0 Å². The van der Waals surface area contributed by atoms with E-state index in [2.05, 4.69) is 14.6 Å². The van der Waals surface area contributed by atoms with Crippen molar-refractivity contribution in [2.24, 2.45) is 0 Å². The fourth-order valence-corrected chi connectivity index (χ4v) is 4.01. The molecule has 1 N–H and O–H groups in total. The van der Waals surface area contributed by atoms with Crippen LogP contribution in [-0.2, 0) is 10.0 Å². The molecule has 2 aromatic carbocycles. The van der Waals surface area contributed by atoms with Crippen LogP contribution in [0, 0.1) is 0 Å². The highest BCUT2D eigenvalue weighted by atomic mass is 32.2. The Morgan fingerprint density at radius 2 is 1.79 bits per heavy atom. The van der Waals surface area contributed by atoms with Crippen LogP contribution >= 0.6 is 0 Å². The average Bonchev–Trinajstić information content (AvgIpc) is 3.26. The summed E-state index contributed by atoms with van der Waals surface area (Å²) in [7, 11) is -3.67. The Balaban J connectivity index is 1.56. The van der Waals surface area contributed by atoms with Gasteiger partial charge in [-0.2, -0.15) is 0 Å². The van der Waals surface area contributed by atoms with Crippen molar-refractivity contribution < 1.29 is 12.8 Å². The molecule has 3 aromatic rings. The van der Waals surface area contributed by atoms with Gasteiger partial charge in [-0.3, -0.25) is 4.72 Å². The fourth-order valence-electron chi connectivity index (χ4n) is 2.93. The zero-order valence-corrected chi connectivity index (χ0v) is 13.8. The van der Waals surface area contributed by atoms with E-state index in [1.54, 1.807) is 18.2 Å². The predicted molar refractivity (Wildman–Crippen MR) is 92.7 cm³/mol. The van der Waals surface area contributed by atoms with Gasteiger partial charge in [-0.05, 0) is 49.2 Å². The van der Waals surface area contributed by atoms with Crippen molar-refractivity contribution >= 4 is 32.5 Å². The molecule has 1 aromatic heterocycles. The van der Waals surface area contributed by atoms with Crippen molar-refractivity contribution in [2.75, 3.05) is 22.7 Å². The largest absolute Gasteiger partial charge is 0.443 e. The lowest BCUT2D eigenvalue weighted by atomic mass is 10.2. The second-order valence-corrected chi connectivity index (χ2v) is 7.51. The van der Waals surface area contributed by atoms with Crippen molar-refractivity contribution in [3.05, 3.63) is 48.9 Å². The molecule has 6 nitrogen and oxygen atoms in total. The minimum absolute atomic E-state index is 0.148. The summed E-state index contributed by atoms with van der Waals surface area (Å²) < 4.78 is 32.8. The predicted octanol–water partition coefficient (Wildman–Crippen LogP) is 3.23. The zero-order chi connectivity index (χ0) is 16.6. The molecule has 0 aliphatic carbocycles. The quantitative estimate of drug-likeness (QED) is 0.787. The number of oxazole rings is 1. The third-order valence-corrected chi connectivity index (χ3v) is 5.58. The minimum Gasteiger partial charge on any atom is -0.443 e. The number of aromatic nitrogens is 1. The first-order valence-corrected chi connectivity index (χ1v) is 9.31. The van der Waals surface area contributed by atoms with E-state index >= 15 is 0 Å². The van der Waals surface area contributed by atoms with Crippen LogP contribution in [0.1, 0.15) is 12.8 Å². The highest BCUT2D eigenvalue weighted by Gasteiger charge is 2.17. The van der Waals surface area contributed by atoms with Crippen LogP contribution < -0.4 is 9.62 Å². The van der Waals surface area contributed by atoms with Crippen LogP contribution in [0.5, 0.6) is 0 Å². The van der Waals surface area contributed by atoms with Gasteiger partial charge in [0, 0.05) is 30.5 Å². The monoisotopic (exact) mass is 343 g/mol. The molecule has 0 unspecified atom stereocenters. The van der Waals surface area contributed by atoms with E-state index in [0.29, 0.717) is 16.8 Å². The van der Waals surface area contributed by atoms with Crippen LogP contribution in [0.25, 0.3) is 11.1 Å². The third-order valence-electron chi connectivity index (χ3n) is 4.20. The van der Waals surface area contributed by atoms with Crippen LogP contribution in [0.15, 0.2) is 58.2 Å². The second-order valence-electron chi connectivity index (χ2n) is 5.83. The second kappa shape index (κ2) is 5.83. The molecule has 1 aliphatic rings. The van der Waals surface area contributed by atoms with Crippen molar-refractivity contribution in [1.29, 1.82) is 0 Å². The lowest BCUT2D eigenvalue weighted by Crippen LogP contribution is -2.17. The molecule has 0 radical (unpaired) electrons. The number of benzene rings is 2. The molecular weight excluding hydrogens is 326 g/mol. The molecule has 124 valence electrons. The molecule has 24 heavy (non-hydrogen) atoms. The Bertz CT molecular complexity index is 958. The van der Waals surface area contributed by atoms with E-state index in [1.807, 2.05) is 12.1 Å². The molecule has 2 heterocycles. The lowest BCUT2D eigenvalue weighted by Gasteiger charge is -2.18. The maximum atomic E-state index is 12.5. The van der Waals surface area contributed by atoms with Crippen molar-refractivity contribution in [1.82, 2.24) is 4.98 Å². The van der Waals surface area contributed by atoms with E-state index in [0.717, 1.165) is 18.8 Å². The summed E-state index contributed by atoms with van der Waals surface area (Å²) in [6, 6.07) is 12.1. The van der Waals surface area contributed by atoms with Crippen LogP contribution in [0.3, 0.4) is 0 Å². The molecule has 4 rings (SSSR count). The van der Waals surface area contributed by atoms with Crippen molar-refractivity contribution in [3.63, 3.8) is 0 Å². The zero-order valence-electron chi connectivity index (χ0n) is 13.0. The Hall–Kier alpha value is -2.54. The first kappa shape index (κ1) is 15.0. The Morgan fingerprint density at radius 3 is 2.54 bits per heavy atom. The molecule has 1 saturated heterocycles. The first-order valence-electron chi connectivity index (χ1n) is 7.83. The van der Waals surface area contributed by atoms with Gasteiger partial charge < -0.3 is 9.32 Å². The molecule has 1 fully saturated rings. The van der Waals surface area contributed by atoms with Crippen molar-refractivity contribution in [3.8, 4) is 0 Å². The number of nitrogens with one attached hydrogen (secondary N) is 1. The summed E-state index contributed by atoms with van der Waals surface area (Å²) in [5.41, 5.74) is 2.74. The molecule has 0 atom stereocenters. The van der Waals surface area contributed by atoms with E-state index < -0.39 is 10.0 Å². The molecule has 0 amide bonds. The minimum atomic E-state index is -3.67. The lowest BCUT2D eigenvalue weighted by molar-refractivity contribution is 0.594. The van der Waals surface area contributed by atoms with Gasteiger partial charge in [-0.25, -0.2) is 13.4 Å². The molecule has 0 bridgehead atoms. The number of hydrogen-bond acceptors (Lipinski definition) is 5. The summed E-state index contributed by atoms with van der Waals surface area (Å²) in [5, 5.41) is 0. The maximum Gasteiger partial charge on any atom is 0.262 e. The average molecular weight is 343 g/mol. The van der Waals surface area contributed by atoms with Gasteiger partial charge >= 0.3 is 0 Å². The molecule has 0 spiro atoms. The Labute approximate surface area is 140 Å². The first-order chi connectivity index (χ1) is 11.6. The van der Waals surface area contributed by atoms with E-state index in [9.17, 15) is 8.42 Å². The number of hydrogen-bond donors (Lipinski definition) is 1. The van der Waals surface area contributed by atoms with E-state index in [1.165, 1.54) is 31.4 Å². The van der Waals surface area contributed by atoms with Gasteiger partial charge in [0.05, 0.1) is 4.90 Å². The summed E-state index contributed by atoms with van der Waals surface area (Å²) in [6.45, 7) is 2.12. The standard InChI is InChI=1S/C17H17N3O3S/c21-24(22,15-7-8-16-17(11-15)23-12-18-16)19-13-3-5-14(6-4-13)20-9-1-2-10-20/h3-8,11-12,19H,1-2,9-10H2. The summed E-state index contributed by atoms with van der Waals surface area (Å²) in [5.74, 6) is 0. The number of rotatable bonds is 4. The van der Waals surface area contributed by atoms with Crippen LogP contribution in [0.4, 0.5) is 11.4 Å². The van der Waals surface area contributed by atoms with Gasteiger partial charge in [-0.15, -0.1) is 0 Å². The summed E-state index contributed by atoms with van der Waals surface area (Å²) in [4.78, 5) is 6.44. The highest BCUT2D eigenvalue weighted by Crippen LogP contribution is 2.24. The van der Waals surface area contributed by atoms with E-state index in [4.69, 9.17) is 4.42 Å². The number of fused-ring (bicyclic) bond motifs is 1. The molecule has 1 aliphatic heterocycles. The number of nitrogens with zero attached hydrogens (tertiary/aromatic N) is 2. The smallest absolute Gasteiger partial charge is 0.262 e. The van der Waals surface area contributed by atoms with Crippen LogP contribution in [0.2, 0.25) is 0 Å². The Kier molecular flexibility index (Phi) is 3.65. The molecule has 0 saturated carbocycles. The van der Waals surface area contributed by atoms with Gasteiger partial charge in [0.25, 0.3) is 10.0 Å². The normalized spacial score (nSPS) is 15.1. The van der Waals surface area contributed by atoms with Gasteiger partial charge in [0.2, 0.25) is 0 Å². The third kappa shape index (κ3) is 2.82. The van der Waals surface area contributed by atoms with Gasteiger partial charge in [0.15, 0.2) is 12.0 Å². The molecule has 7 heteroatoms. The number of sulfonamides is 1. The van der Waals surface area contributed by atoms with Crippen LogP contribution in [-0.4, -0.2) is 26.5 Å². The SMILES string of the molecule is O=S(=O)(Nc1ccc(N2CCCC2)cc1)c1ccc2ncoc2c1. The Morgan fingerprint density at radius 1 is 1.04 bits per heavy atom. The molecular formula is C17H17N3O3S. The topological polar surface area (TPSA) is 75.4 Å². The fraction of sp³-hybridized carbons (Fsp3) is 0.235. The number of anilines is 2. The van der Waals surface area contributed by atoms with Gasteiger partial charge in [0.1, 0.15) is 5.52 Å². The van der Waals surface area contributed by atoms with E-state index in [-0.39, 0.29) is 4.90 Å². The maximum absolute atomic E-state index is 12.5. The summed E-state index contributed by atoms with van der Waals surface area (Å²) >= 11 is 0. The summed E-state index contributed by atoms with van der Waals surface area (Å²) in [6.07, 6.45) is 3.71. The highest BCUT2D eigenvalue weighted by molar-refractivity contribution is 7.92. The van der Waals surface area contributed by atoms with Crippen molar-refractivity contribution in [2.45, 2.75) is 17.7 Å².